The highest BCUT2D eigenvalue weighted by molar-refractivity contribution is 5.67. The molecule has 0 radical (unpaired) electrons. The standard InChI is InChI=1S/C13H14N2O2/c1-9-6-4-5-7-11-10(8-9)12(16)15(3)13(17)14(11)2/h4-8H,1-3H3/b5-4?,6-4-,7-5+,9-6?,9-8-,10-8?,11-7?. The van der Waals surface area contributed by atoms with Crippen molar-refractivity contribution in [3.05, 3.63) is 55.9 Å². The van der Waals surface area contributed by atoms with Gasteiger partial charge in [-0.3, -0.25) is 13.9 Å². The van der Waals surface area contributed by atoms with Crippen LogP contribution in [0.15, 0.2) is 33.4 Å². The van der Waals surface area contributed by atoms with E-state index < -0.39 is 0 Å². The van der Waals surface area contributed by atoms with Crippen LogP contribution in [0.25, 0.3) is 12.2 Å². The second-order valence-corrected chi connectivity index (χ2v) is 4.11. The molecule has 0 amide bonds. The average Bonchev–Trinajstić information content (AvgIpc) is 2.29. The Morgan fingerprint density at radius 1 is 1.00 bits per heavy atom. The molecule has 0 bridgehead atoms. The summed E-state index contributed by atoms with van der Waals surface area (Å²) in [6.45, 7) is 1.92. The third-order valence-electron chi connectivity index (χ3n) is 2.84. The van der Waals surface area contributed by atoms with Crippen LogP contribution in [0.3, 0.4) is 0 Å². The van der Waals surface area contributed by atoms with Crippen molar-refractivity contribution in [1.82, 2.24) is 9.13 Å². The lowest BCUT2D eigenvalue weighted by Crippen LogP contribution is -2.39. The summed E-state index contributed by atoms with van der Waals surface area (Å²) < 4.78 is 2.61. The second kappa shape index (κ2) is 4.05. The van der Waals surface area contributed by atoms with Gasteiger partial charge >= 0.3 is 5.69 Å². The molecule has 0 aliphatic heterocycles. The maximum atomic E-state index is 12.0. The lowest BCUT2D eigenvalue weighted by Gasteiger charge is -2.11. The molecule has 1 aromatic rings. The fourth-order valence-electron chi connectivity index (χ4n) is 1.85. The van der Waals surface area contributed by atoms with Crippen LogP contribution < -0.4 is 11.2 Å². The minimum absolute atomic E-state index is 0.262. The average molecular weight is 230 g/mol. The first-order valence-corrected chi connectivity index (χ1v) is 5.35. The van der Waals surface area contributed by atoms with Gasteiger partial charge in [0.05, 0.1) is 11.3 Å². The first-order valence-electron chi connectivity index (χ1n) is 5.35. The number of aromatic nitrogens is 2. The molecule has 0 atom stereocenters. The van der Waals surface area contributed by atoms with E-state index in [0.29, 0.717) is 11.3 Å². The fourth-order valence-corrected chi connectivity index (χ4v) is 1.85. The van der Waals surface area contributed by atoms with E-state index in [1.54, 1.807) is 19.2 Å². The molecule has 0 aromatic carbocycles. The van der Waals surface area contributed by atoms with Gasteiger partial charge in [-0.15, -0.1) is 0 Å². The highest BCUT2D eigenvalue weighted by atomic mass is 16.2. The summed E-state index contributed by atoms with van der Waals surface area (Å²) in [7, 11) is 3.16. The van der Waals surface area contributed by atoms with Gasteiger partial charge in [-0.2, -0.15) is 0 Å². The molecule has 4 heteroatoms. The molecule has 88 valence electrons. The predicted molar refractivity (Wildman–Crippen MR) is 68.7 cm³/mol. The smallest absolute Gasteiger partial charge is 0.296 e. The molecule has 0 spiro atoms. The monoisotopic (exact) mass is 230 g/mol. The number of rotatable bonds is 0. The van der Waals surface area contributed by atoms with Crippen molar-refractivity contribution in [1.29, 1.82) is 0 Å². The van der Waals surface area contributed by atoms with E-state index in [2.05, 4.69) is 0 Å². The van der Waals surface area contributed by atoms with E-state index in [9.17, 15) is 9.59 Å². The first-order chi connectivity index (χ1) is 8.02. The van der Waals surface area contributed by atoms with E-state index in [-0.39, 0.29) is 11.2 Å². The third-order valence-corrected chi connectivity index (χ3v) is 2.84. The summed E-state index contributed by atoms with van der Waals surface area (Å²) in [5, 5.41) is 0. The van der Waals surface area contributed by atoms with Crippen LogP contribution in [0.2, 0.25) is 0 Å². The summed E-state index contributed by atoms with van der Waals surface area (Å²) in [5.41, 5.74) is 1.59. The maximum absolute atomic E-state index is 12.0. The van der Waals surface area contributed by atoms with Gasteiger partial charge in [0, 0.05) is 14.1 Å². The van der Waals surface area contributed by atoms with Gasteiger partial charge in [-0.05, 0) is 19.1 Å². The molecule has 0 unspecified atom stereocenters. The first kappa shape index (κ1) is 11.4. The van der Waals surface area contributed by atoms with Crippen LogP contribution in [-0.2, 0) is 14.1 Å². The predicted octanol–water partition coefficient (Wildman–Crippen LogP) is 1.07. The molecule has 0 N–H and O–H groups in total. The second-order valence-electron chi connectivity index (χ2n) is 4.11. The summed E-state index contributed by atoms with van der Waals surface area (Å²) in [6, 6.07) is 0. The molecule has 0 fully saturated rings. The molecule has 1 aliphatic rings. The Labute approximate surface area is 98.8 Å². The van der Waals surface area contributed by atoms with Crippen molar-refractivity contribution in [2.45, 2.75) is 6.92 Å². The Balaban J connectivity index is 2.95. The van der Waals surface area contributed by atoms with Crippen LogP contribution in [0.4, 0.5) is 0 Å². The summed E-state index contributed by atoms with van der Waals surface area (Å²) in [6.07, 6.45) is 9.21. The zero-order chi connectivity index (χ0) is 12.6. The molecule has 0 saturated carbocycles. The van der Waals surface area contributed by atoms with Gasteiger partial charge in [0.1, 0.15) is 0 Å². The number of hydrogen-bond donors (Lipinski definition) is 0. The number of hydrogen-bond acceptors (Lipinski definition) is 2. The minimum Gasteiger partial charge on any atom is -0.296 e. The zero-order valence-corrected chi connectivity index (χ0v) is 10.1. The topological polar surface area (TPSA) is 44.0 Å². The Hall–Kier alpha value is -2.10. The number of fused-ring (bicyclic) bond motifs is 1. The van der Waals surface area contributed by atoms with Gasteiger partial charge in [0.2, 0.25) is 0 Å². The largest absolute Gasteiger partial charge is 0.330 e. The van der Waals surface area contributed by atoms with Crippen molar-refractivity contribution in [3.8, 4) is 0 Å². The van der Waals surface area contributed by atoms with E-state index in [1.165, 1.54) is 11.6 Å². The summed E-state index contributed by atoms with van der Waals surface area (Å²) in [5.74, 6) is 0. The fraction of sp³-hybridized carbons (Fsp3) is 0.231. The highest BCUT2D eigenvalue weighted by Gasteiger charge is 2.12. The minimum atomic E-state index is -0.311. The zero-order valence-electron chi connectivity index (χ0n) is 10.1. The van der Waals surface area contributed by atoms with E-state index >= 15 is 0 Å². The van der Waals surface area contributed by atoms with Crippen LogP contribution in [0.5, 0.6) is 0 Å². The highest BCUT2D eigenvalue weighted by Crippen LogP contribution is 2.12. The number of nitrogens with zero attached hydrogens (tertiary/aromatic N) is 2. The van der Waals surface area contributed by atoms with Crippen LogP contribution >= 0.6 is 0 Å². The van der Waals surface area contributed by atoms with E-state index in [0.717, 1.165) is 10.1 Å². The van der Waals surface area contributed by atoms with Crippen molar-refractivity contribution in [3.63, 3.8) is 0 Å². The molecule has 1 heterocycles. The Kier molecular flexibility index (Phi) is 2.71. The maximum Gasteiger partial charge on any atom is 0.330 e. The quantitative estimate of drug-likeness (QED) is 0.669. The summed E-state index contributed by atoms with van der Waals surface area (Å²) in [4.78, 5) is 23.8. The van der Waals surface area contributed by atoms with Gasteiger partial charge in [-0.1, -0.05) is 23.8 Å². The van der Waals surface area contributed by atoms with Crippen molar-refractivity contribution < 1.29 is 0 Å². The summed E-state index contributed by atoms with van der Waals surface area (Å²) >= 11 is 0. The SMILES string of the molecule is CC1=C/c2c(n(C)c(=O)n(C)c2=O)/C=C/C=C\1. The molecular weight excluding hydrogens is 216 g/mol. The molecule has 1 aromatic heterocycles. The Bertz CT molecular complexity index is 670. The Morgan fingerprint density at radius 3 is 2.35 bits per heavy atom. The molecule has 0 saturated heterocycles. The Morgan fingerprint density at radius 2 is 1.65 bits per heavy atom. The lowest BCUT2D eigenvalue weighted by atomic mass is 10.1. The van der Waals surface area contributed by atoms with Crippen LogP contribution in [0, 0.1) is 0 Å². The molecule has 2 rings (SSSR count). The molecule has 17 heavy (non-hydrogen) atoms. The third kappa shape index (κ3) is 1.82. The normalized spacial score (nSPS) is 20.8. The van der Waals surface area contributed by atoms with E-state index in [1.807, 2.05) is 25.2 Å². The van der Waals surface area contributed by atoms with Gasteiger partial charge in [-0.25, -0.2) is 4.79 Å². The van der Waals surface area contributed by atoms with Gasteiger partial charge in [0.15, 0.2) is 0 Å². The molecule has 1 aliphatic carbocycles. The van der Waals surface area contributed by atoms with E-state index in [4.69, 9.17) is 0 Å². The molecule has 4 nitrogen and oxygen atoms in total. The number of allylic oxidation sites excluding steroid dienone is 4. The van der Waals surface area contributed by atoms with Gasteiger partial charge < -0.3 is 0 Å². The van der Waals surface area contributed by atoms with Crippen molar-refractivity contribution in [2.24, 2.45) is 14.1 Å². The van der Waals surface area contributed by atoms with Crippen molar-refractivity contribution in [2.75, 3.05) is 0 Å². The van der Waals surface area contributed by atoms with Crippen LogP contribution in [-0.4, -0.2) is 9.13 Å². The molecular formula is C13H14N2O2. The van der Waals surface area contributed by atoms with Crippen LogP contribution in [0.1, 0.15) is 18.2 Å². The lowest BCUT2D eigenvalue weighted by molar-refractivity contribution is 0.677. The van der Waals surface area contributed by atoms with Crippen molar-refractivity contribution >= 4 is 12.2 Å². The van der Waals surface area contributed by atoms with Gasteiger partial charge in [0.25, 0.3) is 5.56 Å².